The minimum absolute atomic E-state index is 0.0746. The van der Waals surface area contributed by atoms with E-state index in [2.05, 4.69) is 5.32 Å². The van der Waals surface area contributed by atoms with Gasteiger partial charge in [-0.15, -0.1) is 0 Å². The molecule has 2 aromatic rings. The van der Waals surface area contributed by atoms with E-state index in [1.807, 2.05) is 0 Å². The van der Waals surface area contributed by atoms with Crippen LogP contribution >= 0.6 is 0 Å². The summed E-state index contributed by atoms with van der Waals surface area (Å²) in [6.45, 7) is 2.61. The standard InChI is InChI=1S/C24H31N3O8S2/c1-33-23-8-7-22(37(31,32)27-12-16-35-17-13-27)18-19(23)2-9-24(28)25-20-3-5-21(6-4-20)36(29,30)26-10-14-34-15-11-26/h3-8,18H,2,9-17H2,1H3,(H,25,28). The van der Waals surface area contributed by atoms with Gasteiger partial charge >= 0.3 is 0 Å². The van der Waals surface area contributed by atoms with E-state index < -0.39 is 20.0 Å². The molecule has 0 saturated carbocycles. The Morgan fingerprint density at radius 1 is 0.838 bits per heavy atom. The zero-order valence-electron chi connectivity index (χ0n) is 20.6. The first-order valence-corrected chi connectivity index (χ1v) is 14.8. The second-order valence-corrected chi connectivity index (χ2v) is 12.5. The number of carbonyl (C=O) groups excluding carboxylic acids is 1. The van der Waals surface area contributed by atoms with Crippen LogP contribution in [-0.2, 0) is 40.7 Å². The molecule has 0 aromatic heterocycles. The molecule has 13 heteroatoms. The number of rotatable bonds is 9. The highest BCUT2D eigenvalue weighted by Crippen LogP contribution is 2.26. The van der Waals surface area contributed by atoms with Gasteiger partial charge in [0.15, 0.2) is 0 Å². The number of hydrogen-bond acceptors (Lipinski definition) is 8. The highest BCUT2D eigenvalue weighted by Gasteiger charge is 2.28. The molecule has 1 N–H and O–H groups in total. The topological polar surface area (TPSA) is 132 Å². The van der Waals surface area contributed by atoms with Crippen LogP contribution in [0.2, 0.25) is 0 Å². The zero-order chi connectivity index (χ0) is 26.5. The van der Waals surface area contributed by atoms with Crippen molar-refractivity contribution in [1.82, 2.24) is 8.61 Å². The lowest BCUT2D eigenvalue weighted by atomic mass is 10.1. The Morgan fingerprint density at radius 3 is 1.89 bits per heavy atom. The van der Waals surface area contributed by atoms with Gasteiger partial charge in [-0.05, 0) is 54.4 Å². The Hall–Kier alpha value is -2.55. The fraction of sp³-hybridized carbons (Fsp3) is 0.458. The Labute approximate surface area is 217 Å². The predicted octanol–water partition coefficient (Wildman–Crippen LogP) is 1.31. The average molecular weight is 554 g/mol. The van der Waals surface area contributed by atoms with Crippen molar-refractivity contribution < 1.29 is 35.8 Å². The van der Waals surface area contributed by atoms with Crippen LogP contribution in [0.4, 0.5) is 5.69 Å². The molecule has 0 atom stereocenters. The first kappa shape index (κ1) is 27.5. The maximum absolute atomic E-state index is 13.0. The second-order valence-electron chi connectivity index (χ2n) is 8.58. The number of benzene rings is 2. The van der Waals surface area contributed by atoms with Crippen LogP contribution in [0.25, 0.3) is 0 Å². The zero-order valence-corrected chi connectivity index (χ0v) is 22.2. The molecule has 0 unspecified atom stereocenters. The molecule has 0 bridgehead atoms. The van der Waals surface area contributed by atoms with Gasteiger partial charge in [0.1, 0.15) is 5.75 Å². The van der Waals surface area contributed by atoms with E-state index in [0.717, 1.165) is 0 Å². The number of sulfonamides is 2. The highest BCUT2D eigenvalue weighted by molar-refractivity contribution is 7.89. The van der Waals surface area contributed by atoms with Crippen LogP contribution in [0, 0.1) is 0 Å². The minimum Gasteiger partial charge on any atom is -0.496 e. The summed E-state index contributed by atoms with van der Waals surface area (Å²) in [4.78, 5) is 12.9. The highest BCUT2D eigenvalue weighted by atomic mass is 32.2. The lowest BCUT2D eigenvalue weighted by Crippen LogP contribution is -2.40. The summed E-state index contributed by atoms with van der Waals surface area (Å²) in [5.41, 5.74) is 1.06. The molecular weight excluding hydrogens is 522 g/mol. The third-order valence-electron chi connectivity index (χ3n) is 6.23. The number of morpholine rings is 2. The van der Waals surface area contributed by atoms with Gasteiger partial charge in [-0.2, -0.15) is 8.61 Å². The molecule has 0 aliphatic carbocycles. The third-order valence-corrected chi connectivity index (χ3v) is 10.0. The van der Waals surface area contributed by atoms with Gasteiger partial charge in [-0.3, -0.25) is 4.79 Å². The molecule has 0 radical (unpaired) electrons. The van der Waals surface area contributed by atoms with E-state index in [1.165, 1.54) is 33.9 Å². The first-order valence-electron chi connectivity index (χ1n) is 11.9. The fourth-order valence-corrected chi connectivity index (χ4v) is 7.03. The second kappa shape index (κ2) is 11.9. The first-order chi connectivity index (χ1) is 17.7. The summed E-state index contributed by atoms with van der Waals surface area (Å²) in [5, 5.41) is 2.76. The summed E-state index contributed by atoms with van der Waals surface area (Å²) in [6.07, 6.45) is 0.330. The number of amides is 1. The van der Waals surface area contributed by atoms with Crippen molar-refractivity contribution in [2.75, 3.05) is 65.0 Å². The lowest BCUT2D eigenvalue weighted by molar-refractivity contribution is -0.116. The van der Waals surface area contributed by atoms with Gasteiger partial charge in [0.2, 0.25) is 26.0 Å². The van der Waals surface area contributed by atoms with Crippen molar-refractivity contribution in [2.45, 2.75) is 22.6 Å². The number of anilines is 1. The summed E-state index contributed by atoms with van der Waals surface area (Å²) < 4.78 is 70.2. The molecule has 0 spiro atoms. The van der Waals surface area contributed by atoms with E-state index in [-0.39, 0.29) is 28.5 Å². The molecule has 202 valence electrons. The monoisotopic (exact) mass is 553 g/mol. The van der Waals surface area contributed by atoms with E-state index in [1.54, 1.807) is 24.3 Å². The van der Waals surface area contributed by atoms with Crippen LogP contribution in [-0.4, -0.2) is 91.1 Å². The van der Waals surface area contributed by atoms with Crippen molar-refractivity contribution in [2.24, 2.45) is 0 Å². The summed E-state index contributed by atoms with van der Waals surface area (Å²) in [6, 6.07) is 10.6. The lowest BCUT2D eigenvalue weighted by Gasteiger charge is -2.26. The number of hydrogen-bond donors (Lipinski definition) is 1. The van der Waals surface area contributed by atoms with Gasteiger partial charge in [-0.25, -0.2) is 16.8 Å². The molecule has 2 heterocycles. The predicted molar refractivity (Wildman–Crippen MR) is 136 cm³/mol. The van der Waals surface area contributed by atoms with Crippen LogP contribution in [0.5, 0.6) is 5.75 Å². The number of nitrogens with zero attached hydrogens (tertiary/aromatic N) is 2. The number of ether oxygens (including phenoxy) is 3. The van der Waals surface area contributed by atoms with Gasteiger partial charge in [0.25, 0.3) is 0 Å². The van der Waals surface area contributed by atoms with E-state index in [0.29, 0.717) is 69.6 Å². The van der Waals surface area contributed by atoms with E-state index in [4.69, 9.17) is 14.2 Å². The van der Waals surface area contributed by atoms with Crippen molar-refractivity contribution >= 4 is 31.6 Å². The fourth-order valence-electron chi connectivity index (χ4n) is 4.16. The van der Waals surface area contributed by atoms with Crippen molar-refractivity contribution in [1.29, 1.82) is 0 Å². The molecule has 2 aliphatic rings. The van der Waals surface area contributed by atoms with Gasteiger partial charge < -0.3 is 19.5 Å². The summed E-state index contributed by atoms with van der Waals surface area (Å²) in [7, 11) is -5.81. The molecule has 2 aliphatic heterocycles. The number of aryl methyl sites for hydroxylation is 1. The van der Waals surface area contributed by atoms with Gasteiger partial charge in [-0.1, -0.05) is 0 Å². The Balaban J connectivity index is 1.39. The summed E-state index contributed by atoms with van der Waals surface area (Å²) in [5.74, 6) is 0.193. The van der Waals surface area contributed by atoms with Crippen molar-refractivity contribution in [3.63, 3.8) is 0 Å². The van der Waals surface area contributed by atoms with Crippen molar-refractivity contribution in [3.8, 4) is 5.75 Å². The molecule has 2 saturated heterocycles. The average Bonchev–Trinajstić information content (AvgIpc) is 2.93. The number of methoxy groups -OCH3 is 1. The molecule has 1 amide bonds. The normalized spacial score (nSPS) is 17.9. The molecule has 37 heavy (non-hydrogen) atoms. The molecule has 4 rings (SSSR count). The molecule has 11 nitrogen and oxygen atoms in total. The van der Waals surface area contributed by atoms with Crippen LogP contribution in [0.1, 0.15) is 12.0 Å². The third kappa shape index (κ3) is 6.48. The Morgan fingerprint density at radius 2 is 1.35 bits per heavy atom. The minimum atomic E-state index is -3.68. The smallest absolute Gasteiger partial charge is 0.243 e. The summed E-state index contributed by atoms with van der Waals surface area (Å²) >= 11 is 0. The van der Waals surface area contributed by atoms with Crippen LogP contribution in [0.3, 0.4) is 0 Å². The van der Waals surface area contributed by atoms with Crippen molar-refractivity contribution in [3.05, 3.63) is 48.0 Å². The van der Waals surface area contributed by atoms with Crippen LogP contribution in [0.15, 0.2) is 52.3 Å². The number of nitrogens with one attached hydrogen (secondary N) is 1. The van der Waals surface area contributed by atoms with Crippen LogP contribution < -0.4 is 10.1 Å². The Kier molecular flexibility index (Phi) is 8.82. The van der Waals surface area contributed by atoms with E-state index >= 15 is 0 Å². The maximum atomic E-state index is 13.0. The van der Waals surface area contributed by atoms with E-state index in [9.17, 15) is 21.6 Å². The van der Waals surface area contributed by atoms with Gasteiger partial charge in [0, 0.05) is 38.3 Å². The quantitative estimate of drug-likeness (QED) is 0.492. The number of carbonyl (C=O) groups is 1. The molecular formula is C24H31N3O8S2. The Bertz CT molecular complexity index is 1300. The molecule has 2 fully saturated rings. The molecule has 2 aromatic carbocycles. The maximum Gasteiger partial charge on any atom is 0.243 e. The van der Waals surface area contributed by atoms with Gasteiger partial charge in [0.05, 0.1) is 43.3 Å². The SMILES string of the molecule is COc1ccc(S(=O)(=O)N2CCOCC2)cc1CCC(=O)Nc1ccc(S(=O)(=O)N2CCOCC2)cc1. The largest absolute Gasteiger partial charge is 0.496 e.